The number of benzene rings is 2. The van der Waals surface area contributed by atoms with Gasteiger partial charge in [-0.25, -0.2) is 18.2 Å². The monoisotopic (exact) mass is 525 g/mol. The quantitative estimate of drug-likeness (QED) is 0.213. The van der Waals surface area contributed by atoms with Crippen LogP contribution in [0.4, 0.5) is 27.6 Å². The van der Waals surface area contributed by atoms with Crippen molar-refractivity contribution in [3.63, 3.8) is 0 Å². The lowest BCUT2D eigenvalue weighted by atomic mass is 10.0. The van der Waals surface area contributed by atoms with Gasteiger partial charge in [0.25, 0.3) is 12.3 Å². The molecular formula is C23H17ClF5N5O2. The third-order valence-corrected chi connectivity index (χ3v) is 5.21. The number of carbonyl (C=O) groups is 1. The average Bonchev–Trinajstić information content (AvgIpc) is 3.24. The minimum atomic E-state index is -3.89. The molecule has 4 rings (SSSR count). The molecule has 36 heavy (non-hydrogen) atoms. The molecule has 1 amide bonds. The van der Waals surface area contributed by atoms with Crippen LogP contribution in [-0.4, -0.2) is 37.9 Å². The van der Waals surface area contributed by atoms with Crippen LogP contribution in [0.2, 0.25) is 0 Å². The molecule has 0 saturated heterocycles. The molecule has 0 radical (unpaired) electrons. The van der Waals surface area contributed by atoms with Crippen molar-refractivity contribution in [2.24, 2.45) is 0 Å². The molecule has 2 heterocycles. The molecule has 2 aromatic carbocycles. The zero-order valence-corrected chi connectivity index (χ0v) is 19.2. The summed E-state index contributed by atoms with van der Waals surface area (Å²) in [4.78, 5) is 17.0. The molecule has 1 atom stereocenters. The van der Waals surface area contributed by atoms with Crippen molar-refractivity contribution in [2.45, 2.75) is 25.0 Å². The van der Waals surface area contributed by atoms with E-state index in [4.69, 9.17) is 11.6 Å². The first kappa shape index (κ1) is 25.3. The SMILES string of the molecule is C[C@H](CF)n1c(C(F)F)nc2cc(C(=O)Nc3ccc(OC(F)(F)Cl)cc3)cc(-c3cccnn3)c21. The second-order valence-corrected chi connectivity index (χ2v) is 8.11. The van der Waals surface area contributed by atoms with Crippen molar-refractivity contribution in [3.05, 3.63) is 66.1 Å². The van der Waals surface area contributed by atoms with Crippen LogP contribution in [0.5, 0.6) is 5.75 Å². The number of nitrogens with one attached hydrogen (secondary N) is 1. The Bertz CT molecular complexity index is 1380. The minimum absolute atomic E-state index is 0.0343. The summed E-state index contributed by atoms with van der Waals surface area (Å²) in [5.74, 6) is -1.53. The summed E-state index contributed by atoms with van der Waals surface area (Å²) in [5.41, 5.74) is -2.91. The molecule has 0 aliphatic carbocycles. The van der Waals surface area contributed by atoms with Crippen LogP contribution in [0.15, 0.2) is 54.7 Å². The smallest absolute Gasteiger partial charge is 0.420 e. The maximum absolute atomic E-state index is 13.8. The van der Waals surface area contributed by atoms with Crippen LogP contribution in [0, 0.1) is 0 Å². The molecule has 0 saturated carbocycles. The summed E-state index contributed by atoms with van der Waals surface area (Å²) in [7, 11) is 0. The van der Waals surface area contributed by atoms with Crippen LogP contribution in [0.25, 0.3) is 22.3 Å². The molecule has 1 N–H and O–H groups in total. The van der Waals surface area contributed by atoms with Gasteiger partial charge in [-0.15, -0.1) is 8.78 Å². The van der Waals surface area contributed by atoms with Gasteiger partial charge in [-0.3, -0.25) is 4.79 Å². The van der Waals surface area contributed by atoms with Gasteiger partial charge in [-0.2, -0.15) is 10.2 Å². The fourth-order valence-electron chi connectivity index (χ4n) is 3.63. The number of ether oxygens (including phenoxy) is 1. The number of amides is 1. The molecule has 7 nitrogen and oxygen atoms in total. The Hall–Kier alpha value is -3.80. The van der Waals surface area contributed by atoms with Crippen molar-refractivity contribution in [1.29, 1.82) is 0 Å². The third-order valence-electron chi connectivity index (χ3n) is 5.13. The Labute approximate surface area is 205 Å². The first-order valence-electron chi connectivity index (χ1n) is 10.4. The van der Waals surface area contributed by atoms with E-state index in [1.54, 1.807) is 12.1 Å². The number of fused-ring (bicyclic) bond motifs is 1. The Morgan fingerprint density at radius 3 is 2.50 bits per heavy atom. The Morgan fingerprint density at radius 1 is 1.19 bits per heavy atom. The van der Waals surface area contributed by atoms with Gasteiger partial charge in [0.15, 0.2) is 5.82 Å². The van der Waals surface area contributed by atoms with Gasteiger partial charge in [0.05, 0.1) is 22.8 Å². The van der Waals surface area contributed by atoms with E-state index in [0.717, 1.165) is 4.57 Å². The summed E-state index contributed by atoms with van der Waals surface area (Å²) in [6, 6.07) is 9.85. The second-order valence-electron chi connectivity index (χ2n) is 7.67. The first-order chi connectivity index (χ1) is 17.1. The van der Waals surface area contributed by atoms with Crippen LogP contribution in [0.1, 0.15) is 35.6 Å². The summed E-state index contributed by atoms with van der Waals surface area (Å²) in [6.07, 6.45) is -1.59. The normalized spacial score (nSPS) is 12.7. The van der Waals surface area contributed by atoms with E-state index in [1.165, 1.54) is 49.5 Å². The predicted molar refractivity (Wildman–Crippen MR) is 122 cm³/mol. The minimum Gasteiger partial charge on any atom is -0.420 e. The molecule has 4 aromatic rings. The fraction of sp³-hybridized carbons (Fsp3) is 0.217. The lowest BCUT2D eigenvalue weighted by Crippen LogP contribution is -2.16. The summed E-state index contributed by atoms with van der Waals surface area (Å²) < 4.78 is 72.1. The van der Waals surface area contributed by atoms with Crippen molar-refractivity contribution in [2.75, 3.05) is 12.0 Å². The molecule has 0 aliphatic rings. The van der Waals surface area contributed by atoms with Crippen LogP contribution in [0.3, 0.4) is 0 Å². The summed E-state index contributed by atoms with van der Waals surface area (Å²) in [5, 5.41) is 10.4. The molecule has 2 aromatic heterocycles. The molecule has 0 aliphatic heterocycles. The van der Waals surface area contributed by atoms with E-state index >= 15 is 0 Å². The largest absolute Gasteiger partial charge is 0.487 e. The number of alkyl halides is 6. The number of carbonyl (C=O) groups excluding carboxylic acids is 1. The lowest BCUT2D eigenvalue weighted by molar-refractivity contribution is -0.0964. The van der Waals surface area contributed by atoms with Gasteiger partial charge >= 0.3 is 5.57 Å². The highest BCUT2D eigenvalue weighted by Crippen LogP contribution is 2.35. The van der Waals surface area contributed by atoms with Gasteiger partial charge < -0.3 is 14.6 Å². The van der Waals surface area contributed by atoms with E-state index < -0.39 is 36.4 Å². The number of anilines is 1. The predicted octanol–water partition coefficient (Wildman–Crippen LogP) is 6.38. The van der Waals surface area contributed by atoms with Gasteiger partial charge in [0.2, 0.25) is 0 Å². The van der Waals surface area contributed by atoms with E-state index in [1.807, 2.05) is 0 Å². The molecule has 13 heteroatoms. The number of hydrogen-bond donors (Lipinski definition) is 1. The zero-order chi connectivity index (χ0) is 26.0. The van der Waals surface area contributed by atoms with Gasteiger partial charge in [-0.1, -0.05) is 0 Å². The first-order valence-corrected chi connectivity index (χ1v) is 10.8. The van der Waals surface area contributed by atoms with Crippen LogP contribution in [-0.2, 0) is 0 Å². The van der Waals surface area contributed by atoms with Crippen molar-refractivity contribution in [3.8, 4) is 17.0 Å². The molecule has 0 unspecified atom stereocenters. The van der Waals surface area contributed by atoms with Gasteiger partial charge in [-0.05, 0) is 55.5 Å². The third kappa shape index (κ3) is 5.38. The number of imidazole rings is 1. The number of hydrogen-bond acceptors (Lipinski definition) is 5. The van der Waals surface area contributed by atoms with E-state index in [-0.39, 0.29) is 39.3 Å². The maximum atomic E-state index is 13.8. The number of aromatic nitrogens is 4. The number of nitrogens with zero attached hydrogens (tertiary/aromatic N) is 4. The van der Waals surface area contributed by atoms with E-state index in [0.29, 0.717) is 0 Å². The fourth-order valence-corrected chi connectivity index (χ4v) is 3.72. The van der Waals surface area contributed by atoms with Crippen LogP contribution < -0.4 is 10.1 Å². The molecule has 0 bridgehead atoms. The number of rotatable bonds is 8. The molecule has 188 valence electrons. The second kappa shape index (κ2) is 10.1. The maximum Gasteiger partial charge on any atom is 0.487 e. The van der Waals surface area contributed by atoms with Crippen LogP contribution >= 0.6 is 11.6 Å². The molecule has 0 spiro atoms. The topological polar surface area (TPSA) is 81.9 Å². The highest BCUT2D eigenvalue weighted by molar-refractivity contribution is 6.20. The highest BCUT2D eigenvalue weighted by Gasteiger charge is 2.28. The van der Waals surface area contributed by atoms with Crippen molar-refractivity contribution in [1.82, 2.24) is 19.7 Å². The van der Waals surface area contributed by atoms with E-state index in [2.05, 4.69) is 25.2 Å². The van der Waals surface area contributed by atoms with Gasteiger partial charge in [0.1, 0.15) is 12.4 Å². The molecule has 0 fully saturated rings. The Morgan fingerprint density at radius 2 is 1.92 bits per heavy atom. The Kier molecular flexibility index (Phi) is 7.07. The van der Waals surface area contributed by atoms with Crippen molar-refractivity contribution >= 4 is 34.2 Å². The summed E-state index contributed by atoms with van der Waals surface area (Å²) in [6.45, 7) is 0.504. The number of halogens is 6. The average molecular weight is 526 g/mol. The zero-order valence-electron chi connectivity index (χ0n) is 18.4. The highest BCUT2D eigenvalue weighted by atomic mass is 35.5. The molecular weight excluding hydrogens is 509 g/mol. The summed E-state index contributed by atoms with van der Waals surface area (Å²) >= 11 is 4.74. The Balaban J connectivity index is 1.78. The lowest BCUT2D eigenvalue weighted by Gasteiger charge is -2.16. The standard InChI is InChI=1S/C23H17ClF5N5O2/c1-12(11-25)34-19-16(17-3-2-8-30-33-17)9-13(10-18(19)32-21(34)20(26)27)22(35)31-14-4-6-15(7-5-14)36-23(24,28)29/h2-10,12,20H,11H2,1H3,(H,31,35)/t12-/m1/s1. The van der Waals surface area contributed by atoms with E-state index in [9.17, 15) is 26.7 Å². The van der Waals surface area contributed by atoms with Gasteiger partial charge in [0, 0.05) is 34.6 Å². The van der Waals surface area contributed by atoms with Crippen molar-refractivity contribution < 1.29 is 31.5 Å².